The van der Waals surface area contributed by atoms with Crippen molar-refractivity contribution in [3.63, 3.8) is 0 Å². The quantitative estimate of drug-likeness (QED) is 0.908. The molecule has 4 heteroatoms. The van der Waals surface area contributed by atoms with Crippen LogP contribution < -0.4 is 10.5 Å². The molecule has 0 unspecified atom stereocenters. The van der Waals surface area contributed by atoms with Crippen LogP contribution in [-0.4, -0.2) is 7.11 Å². The summed E-state index contributed by atoms with van der Waals surface area (Å²) in [5.41, 5.74) is 6.79. The van der Waals surface area contributed by atoms with Gasteiger partial charge in [0.2, 0.25) is 0 Å². The van der Waals surface area contributed by atoms with Crippen LogP contribution in [0.25, 0.3) is 0 Å². The first-order valence-corrected chi connectivity index (χ1v) is 6.31. The fourth-order valence-corrected chi connectivity index (χ4v) is 2.65. The number of hydrogen-bond donors (Lipinski definition) is 1. The largest absolute Gasteiger partial charge is 0.497 e. The van der Waals surface area contributed by atoms with E-state index in [0.29, 0.717) is 17.2 Å². The minimum atomic E-state index is -0.219. The molecule has 0 heterocycles. The van der Waals surface area contributed by atoms with Gasteiger partial charge in [-0.15, -0.1) is 12.4 Å². The van der Waals surface area contributed by atoms with E-state index in [9.17, 15) is 4.39 Å². The third-order valence-corrected chi connectivity index (χ3v) is 3.72. The molecule has 0 amide bonds. The van der Waals surface area contributed by atoms with Gasteiger partial charge in [0.15, 0.2) is 0 Å². The van der Waals surface area contributed by atoms with Crippen molar-refractivity contribution in [3.05, 3.63) is 29.6 Å². The average Bonchev–Trinajstić information content (AvgIpc) is 2.39. The van der Waals surface area contributed by atoms with Crippen LogP contribution in [0.15, 0.2) is 18.2 Å². The zero-order valence-corrected chi connectivity index (χ0v) is 11.5. The molecule has 1 atom stereocenters. The number of methoxy groups -OCH3 is 1. The molecule has 2 rings (SSSR count). The van der Waals surface area contributed by atoms with Gasteiger partial charge < -0.3 is 10.5 Å². The molecular weight excluding hydrogens is 253 g/mol. The van der Waals surface area contributed by atoms with Crippen LogP contribution in [-0.2, 0) is 0 Å². The van der Waals surface area contributed by atoms with Gasteiger partial charge in [0.1, 0.15) is 11.6 Å². The number of ether oxygens (including phenoxy) is 1. The van der Waals surface area contributed by atoms with E-state index in [1.165, 1.54) is 25.3 Å². The standard InChI is InChI=1S/C14H20FNO.ClH/c1-17-11-7-8-13(15)12(9-11)14(16)10-5-3-2-4-6-10;/h7-10,14H,2-6,16H2,1H3;1H/t14-;/m0./s1. The molecule has 1 aliphatic rings. The summed E-state index contributed by atoms with van der Waals surface area (Å²) >= 11 is 0. The Labute approximate surface area is 114 Å². The fraction of sp³-hybridized carbons (Fsp3) is 0.571. The molecule has 1 saturated carbocycles. The van der Waals surface area contributed by atoms with Crippen LogP contribution in [0.3, 0.4) is 0 Å². The lowest BCUT2D eigenvalue weighted by atomic mass is 9.81. The van der Waals surface area contributed by atoms with Gasteiger partial charge in [0, 0.05) is 11.6 Å². The van der Waals surface area contributed by atoms with Crippen LogP contribution >= 0.6 is 12.4 Å². The molecule has 2 N–H and O–H groups in total. The second kappa shape index (κ2) is 6.95. The number of nitrogens with two attached hydrogens (primary N) is 1. The Morgan fingerprint density at radius 3 is 2.56 bits per heavy atom. The van der Waals surface area contributed by atoms with Crippen molar-refractivity contribution in [2.75, 3.05) is 7.11 Å². The monoisotopic (exact) mass is 273 g/mol. The second-order valence-corrected chi connectivity index (χ2v) is 4.81. The van der Waals surface area contributed by atoms with Crippen molar-refractivity contribution in [2.45, 2.75) is 38.1 Å². The number of hydrogen-bond acceptors (Lipinski definition) is 2. The first kappa shape index (κ1) is 15.3. The van der Waals surface area contributed by atoms with Gasteiger partial charge in [-0.05, 0) is 37.0 Å². The maximum absolute atomic E-state index is 13.8. The van der Waals surface area contributed by atoms with Gasteiger partial charge in [-0.25, -0.2) is 4.39 Å². The lowest BCUT2D eigenvalue weighted by molar-refractivity contribution is 0.302. The molecule has 0 bridgehead atoms. The lowest BCUT2D eigenvalue weighted by Gasteiger charge is -2.28. The molecule has 2 nitrogen and oxygen atoms in total. The Morgan fingerprint density at radius 1 is 1.28 bits per heavy atom. The summed E-state index contributed by atoms with van der Waals surface area (Å²) in [5, 5.41) is 0. The Morgan fingerprint density at radius 2 is 1.94 bits per heavy atom. The maximum Gasteiger partial charge on any atom is 0.128 e. The highest BCUT2D eigenvalue weighted by molar-refractivity contribution is 5.85. The Kier molecular flexibility index (Phi) is 5.89. The molecule has 0 spiro atoms. The number of rotatable bonds is 3. The summed E-state index contributed by atoms with van der Waals surface area (Å²) in [4.78, 5) is 0. The summed E-state index contributed by atoms with van der Waals surface area (Å²) in [6, 6.07) is 4.60. The summed E-state index contributed by atoms with van der Waals surface area (Å²) in [6.07, 6.45) is 5.92. The van der Waals surface area contributed by atoms with E-state index in [-0.39, 0.29) is 24.3 Å². The highest BCUT2D eigenvalue weighted by atomic mass is 35.5. The van der Waals surface area contributed by atoms with Crippen molar-refractivity contribution >= 4 is 12.4 Å². The smallest absolute Gasteiger partial charge is 0.128 e. The van der Waals surface area contributed by atoms with Gasteiger partial charge >= 0.3 is 0 Å². The van der Waals surface area contributed by atoms with Crippen molar-refractivity contribution in [1.82, 2.24) is 0 Å². The molecule has 0 saturated heterocycles. The molecule has 102 valence electrons. The SMILES string of the molecule is COc1ccc(F)c([C@@H](N)C2CCCCC2)c1.Cl. The molecule has 0 aromatic heterocycles. The van der Waals surface area contributed by atoms with E-state index in [0.717, 1.165) is 12.8 Å². The van der Waals surface area contributed by atoms with Crippen LogP contribution in [0.4, 0.5) is 4.39 Å². The van der Waals surface area contributed by atoms with E-state index in [4.69, 9.17) is 10.5 Å². The van der Waals surface area contributed by atoms with Crippen LogP contribution in [0.2, 0.25) is 0 Å². The zero-order valence-electron chi connectivity index (χ0n) is 10.7. The third-order valence-electron chi connectivity index (χ3n) is 3.72. The van der Waals surface area contributed by atoms with Crippen LogP contribution in [0.5, 0.6) is 5.75 Å². The average molecular weight is 274 g/mol. The third kappa shape index (κ3) is 3.36. The first-order valence-electron chi connectivity index (χ1n) is 6.31. The first-order chi connectivity index (χ1) is 8.22. The Bertz CT molecular complexity index is 380. The van der Waals surface area contributed by atoms with Crippen molar-refractivity contribution < 1.29 is 9.13 Å². The fourth-order valence-electron chi connectivity index (χ4n) is 2.65. The Hall–Kier alpha value is -0.800. The molecular formula is C14H21ClFNO. The second-order valence-electron chi connectivity index (χ2n) is 4.81. The van der Waals surface area contributed by atoms with Crippen LogP contribution in [0, 0.1) is 11.7 Å². The highest BCUT2D eigenvalue weighted by Gasteiger charge is 2.24. The topological polar surface area (TPSA) is 35.2 Å². The van der Waals surface area contributed by atoms with E-state index in [1.807, 2.05) is 0 Å². The molecule has 18 heavy (non-hydrogen) atoms. The number of halogens is 2. The van der Waals surface area contributed by atoms with Crippen molar-refractivity contribution in [3.8, 4) is 5.75 Å². The molecule has 1 aromatic carbocycles. The van der Waals surface area contributed by atoms with E-state index >= 15 is 0 Å². The van der Waals surface area contributed by atoms with Crippen LogP contribution in [0.1, 0.15) is 43.7 Å². The normalized spacial score (nSPS) is 17.9. The Balaban J connectivity index is 0.00000162. The number of benzene rings is 1. The minimum absolute atomic E-state index is 0. The molecule has 1 aromatic rings. The zero-order chi connectivity index (χ0) is 12.3. The van der Waals surface area contributed by atoms with Gasteiger partial charge in [-0.3, -0.25) is 0 Å². The summed E-state index contributed by atoms with van der Waals surface area (Å²) in [7, 11) is 1.59. The summed E-state index contributed by atoms with van der Waals surface area (Å²) in [5.74, 6) is 0.863. The van der Waals surface area contributed by atoms with Gasteiger partial charge in [0.05, 0.1) is 7.11 Å². The van der Waals surface area contributed by atoms with Gasteiger partial charge in [-0.1, -0.05) is 19.3 Å². The van der Waals surface area contributed by atoms with E-state index < -0.39 is 0 Å². The van der Waals surface area contributed by atoms with E-state index in [2.05, 4.69) is 0 Å². The highest BCUT2D eigenvalue weighted by Crippen LogP contribution is 2.34. The van der Waals surface area contributed by atoms with Gasteiger partial charge in [0.25, 0.3) is 0 Å². The van der Waals surface area contributed by atoms with Crippen molar-refractivity contribution in [1.29, 1.82) is 0 Å². The lowest BCUT2D eigenvalue weighted by Crippen LogP contribution is -2.24. The molecule has 0 radical (unpaired) electrons. The van der Waals surface area contributed by atoms with Crippen molar-refractivity contribution in [2.24, 2.45) is 11.7 Å². The molecule has 1 aliphatic carbocycles. The van der Waals surface area contributed by atoms with E-state index in [1.54, 1.807) is 19.2 Å². The predicted octanol–water partition coefficient (Wildman–Crippen LogP) is 3.84. The molecule has 0 aliphatic heterocycles. The minimum Gasteiger partial charge on any atom is -0.497 e. The predicted molar refractivity (Wildman–Crippen MR) is 73.7 cm³/mol. The molecule has 1 fully saturated rings. The summed E-state index contributed by atoms with van der Waals surface area (Å²) < 4.78 is 18.9. The van der Waals surface area contributed by atoms with Gasteiger partial charge in [-0.2, -0.15) is 0 Å². The summed E-state index contributed by atoms with van der Waals surface area (Å²) in [6.45, 7) is 0. The maximum atomic E-state index is 13.8.